The molecule has 0 N–H and O–H groups in total. The molecule has 0 fully saturated rings. The van der Waals surface area contributed by atoms with E-state index in [9.17, 15) is 9.18 Å². The van der Waals surface area contributed by atoms with E-state index in [1.54, 1.807) is 19.1 Å². The normalized spacial score (nSPS) is 10.8. The van der Waals surface area contributed by atoms with Crippen LogP contribution in [0.3, 0.4) is 0 Å². The van der Waals surface area contributed by atoms with Crippen LogP contribution in [0.25, 0.3) is 0 Å². The number of Topliss-reactive ketones (excluding diaryl/α,β-unsaturated/α-hetero) is 1. The first-order chi connectivity index (χ1) is 8.08. The lowest BCUT2D eigenvalue weighted by Gasteiger charge is -2.15. The maximum absolute atomic E-state index is 12.9. The Balaban J connectivity index is 2.23. The molecule has 1 aromatic carbocycles. The van der Waals surface area contributed by atoms with Crippen molar-refractivity contribution in [2.24, 2.45) is 0 Å². The van der Waals surface area contributed by atoms with Crippen LogP contribution in [0.5, 0.6) is 0 Å². The lowest BCUT2D eigenvalue weighted by molar-refractivity contribution is -0.117. The molecule has 0 saturated heterocycles. The number of carbonyl (C=O) groups is 1. The molecule has 1 rings (SSSR count). The Morgan fingerprint density at radius 2 is 2.12 bits per heavy atom. The van der Waals surface area contributed by atoms with Gasteiger partial charge in [-0.15, -0.1) is 0 Å². The fourth-order valence-electron chi connectivity index (χ4n) is 1.72. The summed E-state index contributed by atoms with van der Waals surface area (Å²) in [7, 11) is 2.03. The number of nitrogens with zero attached hydrogens (tertiary/aromatic N) is 1. The third-order valence-corrected chi connectivity index (χ3v) is 2.74. The van der Waals surface area contributed by atoms with Gasteiger partial charge in [-0.1, -0.05) is 12.1 Å². The van der Waals surface area contributed by atoms with Crippen molar-refractivity contribution in [1.29, 1.82) is 0 Å². The molecule has 2 nitrogen and oxygen atoms in total. The maximum Gasteiger partial charge on any atom is 0.129 e. The molecule has 0 aliphatic heterocycles. The van der Waals surface area contributed by atoms with Crippen LogP contribution in [-0.4, -0.2) is 30.8 Å². The number of benzene rings is 1. The predicted molar refractivity (Wildman–Crippen MR) is 67.5 cm³/mol. The minimum absolute atomic E-state index is 0.179. The van der Waals surface area contributed by atoms with Crippen molar-refractivity contribution >= 4 is 5.78 Å². The highest BCUT2D eigenvalue weighted by Crippen LogP contribution is 2.05. The van der Waals surface area contributed by atoms with Gasteiger partial charge in [-0.05, 0) is 51.1 Å². The molecular weight excluding hydrogens is 217 g/mol. The Hall–Kier alpha value is -1.22. The largest absolute Gasteiger partial charge is 0.306 e. The quantitative estimate of drug-likeness (QED) is 0.726. The second-order valence-electron chi connectivity index (χ2n) is 4.49. The van der Waals surface area contributed by atoms with Crippen LogP contribution in [0.15, 0.2) is 24.3 Å². The average Bonchev–Trinajstić information content (AvgIpc) is 2.26. The van der Waals surface area contributed by atoms with Crippen LogP contribution in [0.2, 0.25) is 0 Å². The van der Waals surface area contributed by atoms with E-state index in [1.165, 1.54) is 6.07 Å². The summed E-state index contributed by atoms with van der Waals surface area (Å²) in [6.07, 6.45) is 2.38. The van der Waals surface area contributed by atoms with E-state index in [2.05, 4.69) is 4.90 Å². The number of hydrogen-bond donors (Lipinski definition) is 0. The standard InChI is InChI=1S/C14H20FNO/c1-12(17)5-4-9-16(2)10-8-13-6-3-7-14(15)11-13/h3,6-7,11H,4-5,8-10H2,1-2H3. The number of hydrogen-bond acceptors (Lipinski definition) is 2. The van der Waals surface area contributed by atoms with E-state index in [0.717, 1.165) is 31.5 Å². The molecule has 3 heteroatoms. The van der Waals surface area contributed by atoms with Crippen LogP contribution in [0, 0.1) is 5.82 Å². The fourth-order valence-corrected chi connectivity index (χ4v) is 1.72. The van der Waals surface area contributed by atoms with E-state index in [0.29, 0.717) is 6.42 Å². The third-order valence-electron chi connectivity index (χ3n) is 2.74. The molecule has 1 aromatic rings. The van der Waals surface area contributed by atoms with Crippen molar-refractivity contribution in [1.82, 2.24) is 4.90 Å². The van der Waals surface area contributed by atoms with Gasteiger partial charge in [0.1, 0.15) is 11.6 Å². The lowest BCUT2D eigenvalue weighted by Crippen LogP contribution is -2.22. The van der Waals surface area contributed by atoms with Crippen molar-refractivity contribution in [2.45, 2.75) is 26.2 Å². The Kier molecular flexibility index (Phi) is 5.84. The van der Waals surface area contributed by atoms with Gasteiger partial charge in [-0.2, -0.15) is 0 Å². The molecule has 0 heterocycles. The Morgan fingerprint density at radius 3 is 2.76 bits per heavy atom. The summed E-state index contributed by atoms with van der Waals surface area (Å²) in [5.41, 5.74) is 1.02. The molecular formula is C14H20FNO. The lowest BCUT2D eigenvalue weighted by atomic mass is 10.1. The number of likely N-dealkylation sites (N-methyl/N-ethyl adjacent to an activating group) is 1. The molecule has 0 atom stereocenters. The van der Waals surface area contributed by atoms with Crippen molar-refractivity contribution in [3.63, 3.8) is 0 Å². The van der Waals surface area contributed by atoms with Gasteiger partial charge in [0.2, 0.25) is 0 Å². The van der Waals surface area contributed by atoms with Crippen molar-refractivity contribution in [3.05, 3.63) is 35.6 Å². The Bertz CT molecular complexity index is 365. The molecule has 0 aliphatic rings. The zero-order chi connectivity index (χ0) is 12.7. The van der Waals surface area contributed by atoms with Crippen LogP contribution in [-0.2, 0) is 11.2 Å². The first-order valence-electron chi connectivity index (χ1n) is 6.00. The summed E-state index contributed by atoms with van der Waals surface area (Å²) < 4.78 is 12.9. The van der Waals surface area contributed by atoms with E-state index in [-0.39, 0.29) is 11.6 Å². The topological polar surface area (TPSA) is 20.3 Å². The summed E-state index contributed by atoms with van der Waals surface area (Å²) in [5, 5.41) is 0. The van der Waals surface area contributed by atoms with Gasteiger partial charge in [0.05, 0.1) is 0 Å². The van der Waals surface area contributed by atoms with Crippen molar-refractivity contribution < 1.29 is 9.18 Å². The Labute approximate surface area is 102 Å². The zero-order valence-electron chi connectivity index (χ0n) is 10.6. The molecule has 94 valence electrons. The Morgan fingerprint density at radius 1 is 1.35 bits per heavy atom. The maximum atomic E-state index is 12.9. The summed E-state index contributed by atoms with van der Waals surface area (Å²) in [6, 6.07) is 6.70. The highest BCUT2D eigenvalue weighted by atomic mass is 19.1. The number of rotatable bonds is 7. The van der Waals surface area contributed by atoms with Crippen molar-refractivity contribution in [2.75, 3.05) is 20.1 Å². The molecule has 17 heavy (non-hydrogen) atoms. The van der Waals surface area contributed by atoms with Crippen LogP contribution in [0.1, 0.15) is 25.3 Å². The number of ketones is 1. The molecule has 0 aliphatic carbocycles. The van der Waals surface area contributed by atoms with Crippen LogP contribution in [0.4, 0.5) is 4.39 Å². The molecule has 0 radical (unpaired) electrons. The first kappa shape index (κ1) is 13.8. The molecule has 0 amide bonds. The van der Waals surface area contributed by atoms with Crippen molar-refractivity contribution in [3.8, 4) is 0 Å². The van der Waals surface area contributed by atoms with Crippen LogP contribution >= 0.6 is 0 Å². The van der Waals surface area contributed by atoms with E-state index >= 15 is 0 Å². The highest BCUT2D eigenvalue weighted by Gasteiger charge is 2.01. The number of carbonyl (C=O) groups excluding carboxylic acids is 1. The van der Waals surface area contributed by atoms with Gasteiger partial charge in [0, 0.05) is 13.0 Å². The minimum atomic E-state index is -0.179. The molecule has 0 unspecified atom stereocenters. The van der Waals surface area contributed by atoms with Gasteiger partial charge in [-0.3, -0.25) is 0 Å². The zero-order valence-corrected chi connectivity index (χ0v) is 10.6. The monoisotopic (exact) mass is 237 g/mol. The van der Waals surface area contributed by atoms with Gasteiger partial charge in [0.25, 0.3) is 0 Å². The van der Waals surface area contributed by atoms with E-state index < -0.39 is 0 Å². The van der Waals surface area contributed by atoms with E-state index in [1.807, 2.05) is 13.1 Å². The van der Waals surface area contributed by atoms with Gasteiger partial charge in [0.15, 0.2) is 0 Å². The second-order valence-corrected chi connectivity index (χ2v) is 4.49. The molecule has 0 aromatic heterocycles. The van der Waals surface area contributed by atoms with Gasteiger partial charge < -0.3 is 9.69 Å². The predicted octanol–water partition coefficient (Wildman–Crippen LogP) is 2.67. The SMILES string of the molecule is CC(=O)CCCN(C)CCc1cccc(F)c1. The summed E-state index contributed by atoms with van der Waals surface area (Å²) in [6.45, 7) is 3.42. The smallest absolute Gasteiger partial charge is 0.129 e. The van der Waals surface area contributed by atoms with Gasteiger partial charge >= 0.3 is 0 Å². The third kappa shape index (κ3) is 6.17. The van der Waals surface area contributed by atoms with E-state index in [4.69, 9.17) is 0 Å². The fraction of sp³-hybridized carbons (Fsp3) is 0.500. The number of halogens is 1. The molecule has 0 saturated carbocycles. The first-order valence-corrected chi connectivity index (χ1v) is 6.00. The second kappa shape index (κ2) is 7.17. The highest BCUT2D eigenvalue weighted by molar-refractivity contribution is 5.75. The minimum Gasteiger partial charge on any atom is -0.306 e. The van der Waals surface area contributed by atoms with Crippen LogP contribution < -0.4 is 0 Å². The van der Waals surface area contributed by atoms with Gasteiger partial charge in [-0.25, -0.2) is 4.39 Å². The summed E-state index contributed by atoms with van der Waals surface area (Å²) >= 11 is 0. The summed E-state index contributed by atoms with van der Waals surface area (Å²) in [5.74, 6) is 0.0604. The molecule has 0 bridgehead atoms. The average molecular weight is 237 g/mol. The summed E-state index contributed by atoms with van der Waals surface area (Å²) in [4.78, 5) is 13.0. The molecule has 0 spiro atoms.